The molecule has 1 aromatic carbocycles. The third-order valence-corrected chi connectivity index (χ3v) is 4.57. The average molecular weight is 501 g/mol. The number of halogens is 1. The highest BCUT2D eigenvalue weighted by Gasteiger charge is 2.09. The van der Waals surface area contributed by atoms with Gasteiger partial charge in [0, 0.05) is 31.4 Å². The molecule has 8 heteroatoms. The van der Waals surface area contributed by atoms with E-state index >= 15 is 0 Å². The molecule has 0 aliphatic carbocycles. The van der Waals surface area contributed by atoms with Gasteiger partial charge in [-0.2, -0.15) is 5.10 Å². The van der Waals surface area contributed by atoms with Gasteiger partial charge in [0.25, 0.3) is 0 Å². The molecule has 28 heavy (non-hydrogen) atoms. The first-order chi connectivity index (χ1) is 13.0. The summed E-state index contributed by atoms with van der Waals surface area (Å²) in [6, 6.07) is 5.84. The Balaban J connectivity index is 0.00000392. The molecular weight excluding hydrogens is 469 g/mol. The van der Waals surface area contributed by atoms with Crippen LogP contribution < -0.4 is 20.1 Å². The molecule has 0 aliphatic heterocycles. The van der Waals surface area contributed by atoms with Crippen LogP contribution in [0.15, 0.2) is 23.2 Å². The Bertz CT molecular complexity index is 789. The Morgan fingerprint density at radius 2 is 1.93 bits per heavy atom. The van der Waals surface area contributed by atoms with Gasteiger partial charge < -0.3 is 20.1 Å². The molecule has 0 aliphatic rings. The molecule has 0 atom stereocenters. The van der Waals surface area contributed by atoms with E-state index in [0.717, 1.165) is 53.9 Å². The Kier molecular flexibility index (Phi) is 10.1. The summed E-state index contributed by atoms with van der Waals surface area (Å²) in [5, 5.41) is 11.1. The number of rotatable bonds is 8. The zero-order valence-corrected chi connectivity index (χ0v) is 20.0. The Morgan fingerprint density at radius 1 is 1.18 bits per heavy atom. The molecule has 2 N–H and O–H groups in total. The lowest BCUT2D eigenvalue weighted by Gasteiger charge is -2.13. The van der Waals surface area contributed by atoms with Gasteiger partial charge in [-0.3, -0.25) is 4.68 Å². The molecule has 0 amide bonds. The molecule has 0 radical (unpaired) electrons. The maximum absolute atomic E-state index is 5.45. The largest absolute Gasteiger partial charge is 0.497 e. The van der Waals surface area contributed by atoms with Gasteiger partial charge in [-0.15, -0.1) is 24.0 Å². The van der Waals surface area contributed by atoms with Crippen LogP contribution in [0, 0.1) is 13.8 Å². The Hall–Kier alpha value is -1.97. The lowest BCUT2D eigenvalue weighted by Crippen LogP contribution is -2.38. The van der Waals surface area contributed by atoms with E-state index in [4.69, 9.17) is 14.5 Å². The zero-order valence-electron chi connectivity index (χ0n) is 17.6. The first-order valence-corrected chi connectivity index (χ1v) is 9.22. The molecule has 0 saturated carbocycles. The minimum Gasteiger partial charge on any atom is -0.497 e. The van der Waals surface area contributed by atoms with E-state index in [-0.39, 0.29) is 24.0 Å². The first-order valence-electron chi connectivity index (χ1n) is 9.22. The minimum atomic E-state index is 0. The van der Waals surface area contributed by atoms with E-state index in [2.05, 4.69) is 29.6 Å². The number of nitrogens with one attached hydrogen (secondary N) is 2. The summed E-state index contributed by atoms with van der Waals surface area (Å²) in [7, 11) is 5.31. The second-order valence-corrected chi connectivity index (χ2v) is 6.32. The Morgan fingerprint density at radius 3 is 2.50 bits per heavy atom. The van der Waals surface area contributed by atoms with E-state index in [1.807, 2.05) is 36.9 Å². The van der Waals surface area contributed by atoms with Crippen LogP contribution in [0.4, 0.5) is 0 Å². The maximum atomic E-state index is 5.45. The summed E-state index contributed by atoms with van der Waals surface area (Å²) in [5.41, 5.74) is 4.44. The standard InChI is InChI=1S/C20H31N5O2.HI/c1-7-21-20(23-13-18-14(2)24-25(4)15(18)3)22-11-10-16-12-17(26-5)8-9-19(16)27-6;/h8-9,12H,7,10-11,13H2,1-6H3,(H2,21,22,23);1H. The fourth-order valence-corrected chi connectivity index (χ4v) is 2.94. The maximum Gasteiger partial charge on any atom is 0.191 e. The van der Waals surface area contributed by atoms with Gasteiger partial charge in [0.2, 0.25) is 0 Å². The summed E-state index contributed by atoms with van der Waals surface area (Å²) >= 11 is 0. The van der Waals surface area contributed by atoms with Crippen molar-refractivity contribution in [2.75, 3.05) is 27.3 Å². The second-order valence-electron chi connectivity index (χ2n) is 6.32. The summed E-state index contributed by atoms with van der Waals surface area (Å²) in [6.45, 7) is 8.29. The van der Waals surface area contributed by atoms with Gasteiger partial charge in [0.05, 0.1) is 26.5 Å². The van der Waals surface area contributed by atoms with Crippen LogP contribution >= 0.6 is 24.0 Å². The Labute approximate surface area is 184 Å². The molecule has 0 bridgehead atoms. The number of aromatic nitrogens is 2. The van der Waals surface area contributed by atoms with Crippen LogP contribution in [0.3, 0.4) is 0 Å². The fraction of sp³-hybridized carbons (Fsp3) is 0.500. The van der Waals surface area contributed by atoms with Gasteiger partial charge in [0.15, 0.2) is 5.96 Å². The monoisotopic (exact) mass is 501 g/mol. The molecule has 0 unspecified atom stereocenters. The number of hydrogen-bond acceptors (Lipinski definition) is 4. The van der Waals surface area contributed by atoms with Crippen LogP contribution in [-0.2, 0) is 20.0 Å². The number of aliphatic imine (C=N–C) groups is 1. The number of methoxy groups -OCH3 is 2. The molecule has 0 spiro atoms. The predicted molar refractivity (Wildman–Crippen MR) is 124 cm³/mol. The van der Waals surface area contributed by atoms with Crippen LogP contribution in [0.5, 0.6) is 11.5 Å². The van der Waals surface area contributed by atoms with Crippen molar-refractivity contribution < 1.29 is 9.47 Å². The highest BCUT2D eigenvalue weighted by Crippen LogP contribution is 2.24. The summed E-state index contributed by atoms with van der Waals surface area (Å²) in [5.74, 6) is 2.48. The highest BCUT2D eigenvalue weighted by molar-refractivity contribution is 14.0. The van der Waals surface area contributed by atoms with Crippen LogP contribution in [0.25, 0.3) is 0 Å². The fourth-order valence-electron chi connectivity index (χ4n) is 2.94. The van der Waals surface area contributed by atoms with Crippen molar-refractivity contribution in [1.29, 1.82) is 0 Å². The number of nitrogens with zero attached hydrogens (tertiary/aromatic N) is 3. The highest BCUT2D eigenvalue weighted by atomic mass is 127. The molecule has 0 fully saturated rings. The number of hydrogen-bond donors (Lipinski definition) is 2. The molecule has 156 valence electrons. The van der Waals surface area contributed by atoms with Gasteiger partial charge in [-0.05, 0) is 51.0 Å². The van der Waals surface area contributed by atoms with Gasteiger partial charge in [0.1, 0.15) is 11.5 Å². The number of benzene rings is 1. The predicted octanol–water partition coefficient (Wildman–Crippen LogP) is 2.97. The van der Waals surface area contributed by atoms with Crippen molar-refractivity contribution >= 4 is 29.9 Å². The minimum absolute atomic E-state index is 0. The first kappa shape index (κ1) is 24.1. The van der Waals surface area contributed by atoms with Crippen molar-refractivity contribution in [2.45, 2.75) is 33.7 Å². The summed E-state index contributed by atoms with van der Waals surface area (Å²) in [4.78, 5) is 4.71. The van der Waals surface area contributed by atoms with Crippen molar-refractivity contribution in [3.63, 3.8) is 0 Å². The quantitative estimate of drug-likeness (QED) is 0.331. The second kappa shape index (κ2) is 11.8. The third kappa shape index (κ3) is 6.29. The van der Waals surface area contributed by atoms with Gasteiger partial charge in [-0.1, -0.05) is 0 Å². The molecule has 2 rings (SSSR count). The average Bonchev–Trinajstić information content (AvgIpc) is 2.91. The van der Waals surface area contributed by atoms with Crippen molar-refractivity contribution in [3.8, 4) is 11.5 Å². The molecular formula is C20H32IN5O2. The van der Waals surface area contributed by atoms with Crippen LogP contribution in [-0.4, -0.2) is 43.0 Å². The van der Waals surface area contributed by atoms with Crippen molar-refractivity contribution in [3.05, 3.63) is 40.7 Å². The van der Waals surface area contributed by atoms with Gasteiger partial charge >= 0.3 is 0 Å². The zero-order chi connectivity index (χ0) is 19.8. The normalized spacial score (nSPS) is 11.0. The smallest absolute Gasteiger partial charge is 0.191 e. The van der Waals surface area contributed by atoms with E-state index in [1.54, 1.807) is 14.2 Å². The lowest BCUT2D eigenvalue weighted by atomic mass is 10.1. The molecule has 2 aromatic rings. The summed E-state index contributed by atoms with van der Waals surface area (Å²) < 4.78 is 12.7. The van der Waals surface area contributed by atoms with Crippen molar-refractivity contribution in [1.82, 2.24) is 20.4 Å². The molecule has 0 saturated heterocycles. The van der Waals surface area contributed by atoms with E-state index in [0.29, 0.717) is 6.54 Å². The topological polar surface area (TPSA) is 72.7 Å². The molecule has 1 aromatic heterocycles. The lowest BCUT2D eigenvalue weighted by molar-refractivity contribution is 0.398. The number of ether oxygens (including phenoxy) is 2. The number of aryl methyl sites for hydroxylation is 2. The SMILES string of the molecule is CCNC(=NCc1c(C)nn(C)c1C)NCCc1cc(OC)ccc1OC.I. The van der Waals surface area contributed by atoms with E-state index in [9.17, 15) is 0 Å². The van der Waals surface area contributed by atoms with Crippen LogP contribution in [0.2, 0.25) is 0 Å². The number of guanidine groups is 1. The van der Waals surface area contributed by atoms with Gasteiger partial charge in [-0.25, -0.2) is 4.99 Å². The van der Waals surface area contributed by atoms with Crippen molar-refractivity contribution in [2.24, 2.45) is 12.0 Å². The molecule has 1 heterocycles. The van der Waals surface area contributed by atoms with E-state index in [1.165, 1.54) is 5.56 Å². The molecule has 7 nitrogen and oxygen atoms in total. The summed E-state index contributed by atoms with van der Waals surface area (Å²) in [6.07, 6.45) is 0.801. The van der Waals surface area contributed by atoms with Crippen LogP contribution in [0.1, 0.15) is 29.4 Å². The third-order valence-electron chi connectivity index (χ3n) is 4.57. The van der Waals surface area contributed by atoms with E-state index < -0.39 is 0 Å².